The Labute approximate surface area is 145 Å². The Morgan fingerprint density at radius 1 is 1.12 bits per heavy atom. The van der Waals surface area contributed by atoms with Crippen molar-refractivity contribution in [2.45, 2.75) is 6.92 Å². The zero-order valence-electron chi connectivity index (χ0n) is 13.4. The lowest BCUT2D eigenvalue weighted by atomic mass is 10.1. The number of carbonyl (C=O) groups is 1. The smallest absolute Gasteiger partial charge is 0.255 e. The standard InChI is InChI=1S/C19H17ClN2O2/c1-13-11-17(18(24-2)12-16(13)20)21-19(23)14-5-7-15(8-6-14)22-9-3-4-10-22/h3-12H,1-2H3,(H,21,23). The van der Waals surface area contributed by atoms with Crippen molar-refractivity contribution in [1.82, 2.24) is 4.57 Å². The molecule has 0 atom stereocenters. The molecule has 0 aliphatic heterocycles. The molecule has 1 N–H and O–H groups in total. The summed E-state index contributed by atoms with van der Waals surface area (Å²) in [7, 11) is 1.54. The molecule has 0 saturated heterocycles. The molecule has 5 heteroatoms. The maximum Gasteiger partial charge on any atom is 0.255 e. The summed E-state index contributed by atoms with van der Waals surface area (Å²) in [5, 5.41) is 3.47. The minimum absolute atomic E-state index is 0.200. The molecule has 4 nitrogen and oxygen atoms in total. The molecule has 0 radical (unpaired) electrons. The van der Waals surface area contributed by atoms with Gasteiger partial charge in [0.15, 0.2) is 0 Å². The molecule has 1 aromatic heterocycles. The van der Waals surface area contributed by atoms with Crippen LogP contribution in [0.5, 0.6) is 5.75 Å². The van der Waals surface area contributed by atoms with Crippen LogP contribution in [0.25, 0.3) is 5.69 Å². The summed E-state index contributed by atoms with van der Waals surface area (Å²) in [6, 6.07) is 14.8. The van der Waals surface area contributed by atoms with Gasteiger partial charge in [0, 0.05) is 34.7 Å². The summed E-state index contributed by atoms with van der Waals surface area (Å²) >= 11 is 6.09. The average Bonchev–Trinajstić information content (AvgIpc) is 3.12. The van der Waals surface area contributed by atoms with Gasteiger partial charge in [0.25, 0.3) is 5.91 Å². The summed E-state index contributed by atoms with van der Waals surface area (Å²) in [5.41, 5.74) is 3.03. The SMILES string of the molecule is COc1cc(Cl)c(C)cc1NC(=O)c1ccc(-n2cccc2)cc1. The lowest BCUT2D eigenvalue weighted by Crippen LogP contribution is -2.13. The number of aromatic nitrogens is 1. The second kappa shape index (κ2) is 6.81. The van der Waals surface area contributed by atoms with E-state index in [1.54, 1.807) is 31.4 Å². The van der Waals surface area contributed by atoms with Crippen molar-refractivity contribution >= 4 is 23.2 Å². The number of benzene rings is 2. The van der Waals surface area contributed by atoms with Crippen LogP contribution in [0.3, 0.4) is 0 Å². The van der Waals surface area contributed by atoms with Gasteiger partial charge in [0.1, 0.15) is 5.75 Å². The molecule has 0 saturated carbocycles. The molecule has 0 bridgehead atoms. The fourth-order valence-corrected chi connectivity index (χ4v) is 2.57. The molecule has 0 spiro atoms. The van der Waals surface area contributed by atoms with E-state index in [1.165, 1.54) is 0 Å². The summed E-state index contributed by atoms with van der Waals surface area (Å²) in [5.74, 6) is 0.331. The third kappa shape index (κ3) is 3.29. The maximum absolute atomic E-state index is 12.5. The first-order valence-electron chi connectivity index (χ1n) is 7.47. The van der Waals surface area contributed by atoms with Gasteiger partial charge in [-0.2, -0.15) is 0 Å². The Morgan fingerprint density at radius 3 is 2.42 bits per heavy atom. The van der Waals surface area contributed by atoms with Crippen molar-refractivity contribution in [2.75, 3.05) is 12.4 Å². The minimum atomic E-state index is -0.200. The Balaban J connectivity index is 1.81. The Bertz CT molecular complexity index is 856. The minimum Gasteiger partial charge on any atom is -0.495 e. The number of nitrogens with zero attached hydrogens (tertiary/aromatic N) is 1. The molecule has 0 aliphatic rings. The second-order valence-electron chi connectivity index (χ2n) is 5.39. The van der Waals surface area contributed by atoms with Crippen LogP contribution in [0.2, 0.25) is 5.02 Å². The van der Waals surface area contributed by atoms with Crippen molar-refractivity contribution in [1.29, 1.82) is 0 Å². The average molecular weight is 341 g/mol. The van der Waals surface area contributed by atoms with E-state index >= 15 is 0 Å². The number of rotatable bonds is 4. The number of carbonyl (C=O) groups excluding carboxylic acids is 1. The Morgan fingerprint density at radius 2 is 1.79 bits per heavy atom. The molecule has 3 rings (SSSR count). The number of nitrogens with one attached hydrogen (secondary N) is 1. The second-order valence-corrected chi connectivity index (χ2v) is 5.80. The Hall–Kier alpha value is -2.72. The van der Waals surface area contributed by atoms with E-state index in [0.717, 1.165) is 11.3 Å². The lowest BCUT2D eigenvalue weighted by Gasteiger charge is -2.12. The molecule has 24 heavy (non-hydrogen) atoms. The normalized spacial score (nSPS) is 10.5. The van der Waals surface area contributed by atoms with E-state index < -0.39 is 0 Å². The summed E-state index contributed by atoms with van der Waals surface area (Å²) in [6.07, 6.45) is 3.91. The highest BCUT2D eigenvalue weighted by Gasteiger charge is 2.12. The number of methoxy groups -OCH3 is 1. The van der Waals surface area contributed by atoms with Crippen molar-refractivity contribution in [2.24, 2.45) is 0 Å². The summed E-state index contributed by atoms with van der Waals surface area (Å²) in [6.45, 7) is 1.88. The zero-order valence-corrected chi connectivity index (χ0v) is 14.2. The highest BCUT2D eigenvalue weighted by molar-refractivity contribution is 6.31. The topological polar surface area (TPSA) is 43.3 Å². The van der Waals surface area contributed by atoms with Gasteiger partial charge in [-0.1, -0.05) is 11.6 Å². The summed E-state index contributed by atoms with van der Waals surface area (Å²) < 4.78 is 7.26. The molecule has 2 aromatic carbocycles. The highest BCUT2D eigenvalue weighted by atomic mass is 35.5. The van der Waals surface area contributed by atoms with Crippen molar-refractivity contribution in [3.63, 3.8) is 0 Å². The number of amides is 1. The third-order valence-corrected chi connectivity index (χ3v) is 4.17. The fraction of sp³-hybridized carbons (Fsp3) is 0.105. The van der Waals surface area contributed by atoms with Gasteiger partial charge in [-0.3, -0.25) is 4.79 Å². The van der Waals surface area contributed by atoms with Crippen LogP contribution in [0, 0.1) is 6.92 Å². The predicted octanol–water partition coefficient (Wildman–Crippen LogP) is 4.70. The molecule has 1 amide bonds. The van der Waals surface area contributed by atoms with Crippen LogP contribution in [0.15, 0.2) is 60.9 Å². The van der Waals surface area contributed by atoms with Gasteiger partial charge >= 0.3 is 0 Å². The first kappa shape index (κ1) is 16.1. The number of hydrogen-bond donors (Lipinski definition) is 1. The van der Waals surface area contributed by atoms with E-state index in [1.807, 2.05) is 48.1 Å². The summed E-state index contributed by atoms with van der Waals surface area (Å²) in [4.78, 5) is 12.5. The van der Waals surface area contributed by atoms with Crippen molar-refractivity contribution in [3.8, 4) is 11.4 Å². The number of aryl methyl sites for hydroxylation is 1. The van der Waals surface area contributed by atoms with E-state index in [9.17, 15) is 4.79 Å². The van der Waals surface area contributed by atoms with E-state index in [4.69, 9.17) is 16.3 Å². The highest BCUT2D eigenvalue weighted by Crippen LogP contribution is 2.31. The van der Waals surface area contributed by atoms with Crippen molar-refractivity contribution < 1.29 is 9.53 Å². The number of ether oxygens (including phenoxy) is 1. The largest absolute Gasteiger partial charge is 0.495 e. The first-order valence-corrected chi connectivity index (χ1v) is 7.85. The monoisotopic (exact) mass is 340 g/mol. The molecule has 0 unspecified atom stereocenters. The molecular formula is C19H17ClN2O2. The van der Waals surface area contributed by atoms with Crippen LogP contribution in [-0.4, -0.2) is 17.6 Å². The van der Waals surface area contributed by atoms with Gasteiger partial charge in [-0.05, 0) is 55.0 Å². The van der Waals surface area contributed by atoms with E-state index in [-0.39, 0.29) is 5.91 Å². The van der Waals surface area contributed by atoms with Gasteiger partial charge < -0.3 is 14.6 Å². The molecule has 122 valence electrons. The molecule has 3 aromatic rings. The lowest BCUT2D eigenvalue weighted by molar-refractivity contribution is 0.102. The van der Waals surface area contributed by atoms with Gasteiger partial charge in [-0.15, -0.1) is 0 Å². The van der Waals surface area contributed by atoms with Gasteiger partial charge in [-0.25, -0.2) is 0 Å². The number of hydrogen-bond acceptors (Lipinski definition) is 2. The number of anilines is 1. The fourth-order valence-electron chi connectivity index (χ4n) is 2.42. The van der Waals surface area contributed by atoms with Gasteiger partial charge in [0.2, 0.25) is 0 Å². The molecule has 1 heterocycles. The number of halogens is 1. The van der Waals surface area contributed by atoms with Crippen LogP contribution >= 0.6 is 11.6 Å². The van der Waals surface area contributed by atoms with E-state index in [2.05, 4.69) is 5.32 Å². The third-order valence-electron chi connectivity index (χ3n) is 3.76. The van der Waals surface area contributed by atoms with Crippen LogP contribution < -0.4 is 10.1 Å². The van der Waals surface area contributed by atoms with E-state index in [0.29, 0.717) is 22.0 Å². The molecule has 0 fully saturated rings. The first-order chi connectivity index (χ1) is 11.6. The maximum atomic E-state index is 12.5. The molecule has 0 aliphatic carbocycles. The van der Waals surface area contributed by atoms with Crippen LogP contribution in [0.1, 0.15) is 15.9 Å². The Kier molecular flexibility index (Phi) is 4.58. The predicted molar refractivity (Wildman–Crippen MR) is 96.5 cm³/mol. The quantitative estimate of drug-likeness (QED) is 0.748. The molecular weight excluding hydrogens is 324 g/mol. The van der Waals surface area contributed by atoms with Crippen LogP contribution in [0.4, 0.5) is 5.69 Å². The van der Waals surface area contributed by atoms with Crippen LogP contribution in [-0.2, 0) is 0 Å². The zero-order chi connectivity index (χ0) is 17.1. The van der Waals surface area contributed by atoms with Gasteiger partial charge in [0.05, 0.1) is 12.8 Å². The van der Waals surface area contributed by atoms with Crippen molar-refractivity contribution in [3.05, 3.63) is 77.1 Å².